The van der Waals surface area contributed by atoms with Crippen molar-refractivity contribution in [1.82, 2.24) is 14.9 Å². The van der Waals surface area contributed by atoms with Crippen LogP contribution in [0.3, 0.4) is 0 Å². The quantitative estimate of drug-likeness (QED) is 0.863. The second kappa shape index (κ2) is 5.60. The maximum Gasteiger partial charge on any atom is 0.410 e. The first-order valence-corrected chi connectivity index (χ1v) is 8.40. The summed E-state index contributed by atoms with van der Waals surface area (Å²) in [7, 11) is 0. The third-order valence-electron chi connectivity index (χ3n) is 4.58. The van der Waals surface area contributed by atoms with E-state index in [2.05, 4.69) is 11.9 Å². The van der Waals surface area contributed by atoms with Crippen LogP contribution in [-0.2, 0) is 11.2 Å². The van der Waals surface area contributed by atoms with Gasteiger partial charge < -0.3 is 14.6 Å². The normalized spacial score (nSPS) is 25.2. The lowest BCUT2D eigenvalue weighted by molar-refractivity contribution is 0.0196. The van der Waals surface area contributed by atoms with E-state index in [1.807, 2.05) is 25.7 Å². The van der Waals surface area contributed by atoms with E-state index in [0.717, 1.165) is 31.6 Å². The molecule has 1 amide bonds. The third-order valence-corrected chi connectivity index (χ3v) is 4.58. The number of hydrogen-bond acceptors (Lipinski definition) is 3. The van der Waals surface area contributed by atoms with Crippen LogP contribution in [0, 0.1) is 0 Å². The summed E-state index contributed by atoms with van der Waals surface area (Å²) in [5.74, 6) is 1.93. The molecule has 0 saturated carbocycles. The molecule has 3 rings (SSSR count). The van der Waals surface area contributed by atoms with Gasteiger partial charge in [-0.05, 0) is 46.5 Å². The largest absolute Gasteiger partial charge is 0.444 e. The number of ether oxygens (including phenoxy) is 1. The number of aryl methyl sites for hydroxylation is 1. The van der Waals surface area contributed by atoms with Gasteiger partial charge >= 0.3 is 6.09 Å². The molecule has 1 aromatic rings. The molecule has 1 aliphatic heterocycles. The van der Waals surface area contributed by atoms with E-state index in [9.17, 15) is 4.79 Å². The van der Waals surface area contributed by atoms with Gasteiger partial charge in [-0.15, -0.1) is 0 Å². The first-order valence-electron chi connectivity index (χ1n) is 8.40. The Kier molecular flexibility index (Phi) is 3.91. The highest BCUT2D eigenvalue weighted by Gasteiger charge is 2.31. The van der Waals surface area contributed by atoms with Gasteiger partial charge in [-0.1, -0.05) is 6.92 Å². The Balaban J connectivity index is 1.68. The molecule has 2 aliphatic rings. The Morgan fingerprint density at radius 3 is 2.82 bits per heavy atom. The number of piperidine rings is 1. The molecule has 2 unspecified atom stereocenters. The average molecular weight is 305 g/mol. The Hall–Kier alpha value is -1.52. The van der Waals surface area contributed by atoms with E-state index in [4.69, 9.17) is 9.72 Å². The topological polar surface area (TPSA) is 58.2 Å². The molecule has 0 aromatic carbocycles. The zero-order chi connectivity index (χ0) is 15.9. The number of H-pyrrole nitrogens is 1. The van der Waals surface area contributed by atoms with Crippen molar-refractivity contribution in [1.29, 1.82) is 0 Å². The van der Waals surface area contributed by atoms with Gasteiger partial charge in [-0.3, -0.25) is 0 Å². The zero-order valence-electron chi connectivity index (χ0n) is 14.1. The lowest BCUT2D eigenvalue weighted by Crippen LogP contribution is -2.42. The summed E-state index contributed by atoms with van der Waals surface area (Å²) in [6.45, 7) is 9.45. The lowest BCUT2D eigenvalue weighted by Gasteiger charge is -2.33. The van der Waals surface area contributed by atoms with Gasteiger partial charge in [0, 0.05) is 30.6 Å². The summed E-state index contributed by atoms with van der Waals surface area (Å²) in [5.41, 5.74) is 2.10. The number of hydrogen-bond donors (Lipinski definition) is 1. The molecule has 1 aromatic heterocycles. The molecule has 122 valence electrons. The fourth-order valence-corrected chi connectivity index (χ4v) is 3.43. The number of carbonyl (C=O) groups excluding carboxylic acids is 1. The maximum absolute atomic E-state index is 12.3. The van der Waals surface area contributed by atoms with Crippen molar-refractivity contribution in [3.8, 4) is 0 Å². The summed E-state index contributed by atoms with van der Waals surface area (Å²) >= 11 is 0. The molecule has 1 aliphatic carbocycles. The van der Waals surface area contributed by atoms with Crippen molar-refractivity contribution in [3.63, 3.8) is 0 Å². The van der Waals surface area contributed by atoms with E-state index >= 15 is 0 Å². The molecular formula is C17H27N3O2. The zero-order valence-corrected chi connectivity index (χ0v) is 14.1. The van der Waals surface area contributed by atoms with Crippen LogP contribution in [0.1, 0.15) is 76.0 Å². The highest BCUT2D eigenvalue weighted by atomic mass is 16.6. The SMILES string of the molecule is CC1CCc2[nH]c(C3CCCN(C(=O)OC(C)(C)C)C3)nc21. The van der Waals surface area contributed by atoms with Gasteiger partial charge in [-0.2, -0.15) is 0 Å². The molecule has 0 bridgehead atoms. The molecular weight excluding hydrogens is 278 g/mol. The first kappa shape index (κ1) is 15.4. The summed E-state index contributed by atoms with van der Waals surface area (Å²) in [5, 5.41) is 0. The van der Waals surface area contributed by atoms with E-state index < -0.39 is 5.60 Å². The highest BCUT2D eigenvalue weighted by Crippen LogP contribution is 2.34. The van der Waals surface area contributed by atoms with Crippen molar-refractivity contribution in [3.05, 3.63) is 17.2 Å². The predicted molar refractivity (Wildman–Crippen MR) is 85.1 cm³/mol. The van der Waals surface area contributed by atoms with Gasteiger partial charge in [0.05, 0.1) is 5.69 Å². The molecule has 5 nitrogen and oxygen atoms in total. The van der Waals surface area contributed by atoms with Crippen LogP contribution in [0.2, 0.25) is 0 Å². The minimum atomic E-state index is -0.439. The van der Waals surface area contributed by atoms with Crippen LogP contribution >= 0.6 is 0 Å². The van der Waals surface area contributed by atoms with Crippen molar-refractivity contribution in [2.45, 2.75) is 70.8 Å². The van der Waals surface area contributed by atoms with Crippen LogP contribution < -0.4 is 0 Å². The number of imidazole rings is 1. The fraction of sp³-hybridized carbons (Fsp3) is 0.765. The summed E-state index contributed by atoms with van der Waals surface area (Å²) in [6.07, 6.45) is 4.18. The summed E-state index contributed by atoms with van der Waals surface area (Å²) in [4.78, 5) is 22.4. The molecule has 5 heteroatoms. The van der Waals surface area contributed by atoms with E-state index in [1.54, 1.807) is 0 Å². The number of aromatic nitrogens is 2. The third kappa shape index (κ3) is 3.13. The van der Waals surface area contributed by atoms with Gasteiger partial charge in [-0.25, -0.2) is 9.78 Å². The average Bonchev–Trinajstić information content (AvgIpc) is 3.00. The van der Waals surface area contributed by atoms with Crippen LogP contribution in [0.5, 0.6) is 0 Å². The number of rotatable bonds is 1. The molecule has 1 saturated heterocycles. The Morgan fingerprint density at radius 2 is 2.14 bits per heavy atom. The predicted octanol–water partition coefficient (Wildman–Crippen LogP) is 3.57. The molecule has 1 N–H and O–H groups in total. The van der Waals surface area contributed by atoms with Crippen molar-refractivity contribution in [2.75, 3.05) is 13.1 Å². The molecule has 0 spiro atoms. The number of aromatic amines is 1. The van der Waals surface area contributed by atoms with Crippen LogP contribution in [-0.4, -0.2) is 39.7 Å². The molecule has 1 fully saturated rings. The highest BCUT2D eigenvalue weighted by molar-refractivity contribution is 5.68. The van der Waals surface area contributed by atoms with Crippen LogP contribution in [0.15, 0.2) is 0 Å². The van der Waals surface area contributed by atoms with Gasteiger partial charge in [0.25, 0.3) is 0 Å². The fourth-order valence-electron chi connectivity index (χ4n) is 3.43. The number of nitrogens with zero attached hydrogens (tertiary/aromatic N) is 2. The molecule has 2 heterocycles. The van der Waals surface area contributed by atoms with Gasteiger partial charge in [0.1, 0.15) is 11.4 Å². The van der Waals surface area contributed by atoms with Crippen LogP contribution in [0.25, 0.3) is 0 Å². The second-order valence-electron chi connectivity index (χ2n) is 7.69. The number of likely N-dealkylation sites (tertiary alicyclic amines) is 1. The molecule has 22 heavy (non-hydrogen) atoms. The summed E-state index contributed by atoms with van der Waals surface area (Å²) < 4.78 is 5.50. The number of fused-ring (bicyclic) bond motifs is 1. The number of nitrogens with one attached hydrogen (secondary N) is 1. The lowest BCUT2D eigenvalue weighted by atomic mass is 9.97. The van der Waals surface area contributed by atoms with E-state index in [0.29, 0.717) is 18.4 Å². The Labute approximate surface area is 132 Å². The Morgan fingerprint density at radius 1 is 1.36 bits per heavy atom. The van der Waals surface area contributed by atoms with Gasteiger partial charge in [0.2, 0.25) is 0 Å². The second-order valence-corrected chi connectivity index (χ2v) is 7.69. The monoisotopic (exact) mass is 305 g/mol. The molecule has 2 atom stereocenters. The van der Waals surface area contributed by atoms with Gasteiger partial charge in [0.15, 0.2) is 0 Å². The van der Waals surface area contributed by atoms with E-state index in [-0.39, 0.29) is 6.09 Å². The Bertz CT molecular complexity index is 559. The standard InChI is InChI=1S/C17H27N3O2/c1-11-7-8-13-14(11)19-15(18-13)12-6-5-9-20(10-12)16(21)22-17(2,3)4/h11-12H,5-10H2,1-4H3,(H,18,19). The van der Waals surface area contributed by atoms with Crippen molar-refractivity contribution < 1.29 is 9.53 Å². The maximum atomic E-state index is 12.3. The van der Waals surface area contributed by atoms with E-state index in [1.165, 1.54) is 17.8 Å². The summed E-state index contributed by atoms with van der Waals surface area (Å²) in [6, 6.07) is 0. The first-order chi connectivity index (χ1) is 10.3. The minimum absolute atomic E-state index is 0.204. The van der Waals surface area contributed by atoms with Crippen LogP contribution in [0.4, 0.5) is 4.79 Å². The van der Waals surface area contributed by atoms with Crippen molar-refractivity contribution in [2.24, 2.45) is 0 Å². The minimum Gasteiger partial charge on any atom is -0.444 e. The molecule has 0 radical (unpaired) electrons. The number of amides is 1. The smallest absolute Gasteiger partial charge is 0.410 e. The number of carbonyl (C=O) groups is 1. The van der Waals surface area contributed by atoms with Crippen molar-refractivity contribution >= 4 is 6.09 Å².